The van der Waals surface area contributed by atoms with Crippen LogP contribution >= 0.6 is 63.7 Å². The molecule has 0 bridgehead atoms. The Hall–Kier alpha value is -4.34. The van der Waals surface area contributed by atoms with Crippen LogP contribution in [-0.4, -0.2) is 11.6 Å². The molecule has 6 heteroatoms. The minimum absolute atomic E-state index is 0.238. The van der Waals surface area contributed by atoms with Crippen LogP contribution in [0.4, 0.5) is 0 Å². The maximum Gasteiger partial charge on any atom is 0.235 e. The van der Waals surface area contributed by atoms with Crippen molar-refractivity contribution in [1.29, 1.82) is 0 Å². The van der Waals surface area contributed by atoms with E-state index in [2.05, 4.69) is 106 Å². The van der Waals surface area contributed by atoms with Gasteiger partial charge in [0.1, 0.15) is 5.41 Å². The van der Waals surface area contributed by atoms with E-state index in [0.717, 1.165) is 68.0 Å². The van der Waals surface area contributed by atoms with Crippen LogP contribution in [0.5, 0.6) is 0 Å². The lowest BCUT2D eigenvalue weighted by molar-refractivity contribution is 0.102. The lowest BCUT2D eigenvalue weighted by Gasteiger charge is -2.28. The summed E-state index contributed by atoms with van der Waals surface area (Å²) in [6, 6.07) is 42.7. The van der Waals surface area contributed by atoms with Gasteiger partial charge in [0.15, 0.2) is 5.78 Å². The van der Waals surface area contributed by atoms with Crippen LogP contribution in [0.3, 0.4) is 0 Å². The summed E-state index contributed by atoms with van der Waals surface area (Å²) < 4.78 is 3.47. The van der Waals surface area contributed by atoms with E-state index >= 15 is 4.79 Å². The van der Waals surface area contributed by atoms with E-state index in [9.17, 15) is 4.79 Å². The Balaban J connectivity index is 1.57. The molecule has 8 rings (SSSR count). The van der Waals surface area contributed by atoms with Crippen LogP contribution in [0.2, 0.25) is 0 Å². The maximum absolute atomic E-state index is 15.3. The van der Waals surface area contributed by atoms with E-state index in [-0.39, 0.29) is 11.6 Å². The van der Waals surface area contributed by atoms with Gasteiger partial charge in [-0.15, -0.1) is 5.73 Å². The van der Waals surface area contributed by atoms with Crippen molar-refractivity contribution in [1.82, 2.24) is 0 Å². The highest BCUT2D eigenvalue weighted by Gasteiger charge is 2.48. The molecule has 0 saturated carbocycles. The Morgan fingerprint density at radius 3 is 1.42 bits per heavy atom. The minimum Gasteiger partial charge on any atom is -0.288 e. The number of Topliss-reactive ketones (excluding diaryl/α,β-unsaturated/α-hetero) is 2. The van der Waals surface area contributed by atoms with Gasteiger partial charge >= 0.3 is 0 Å². The van der Waals surface area contributed by atoms with Crippen molar-refractivity contribution < 1.29 is 9.59 Å². The highest BCUT2D eigenvalue weighted by Crippen LogP contribution is 2.55. The second-order valence-electron chi connectivity index (χ2n) is 12.0. The van der Waals surface area contributed by atoms with Crippen molar-refractivity contribution in [2.75, 3.05) is 0 Å². The number of benzene rings is 6. The summed E-state index contributed by atoms with van der Waals surface area (Å²) in [5.74, 6) is 5.90. The van der Waals surface area contributed by atoms with Crippen LogP contribution < -0.4 is 0 Å². The van der Waals surface area contributed by atoms with Crippen LogP contribution in [0.15, 0.2) is 163 Å². The third-order valence-corrected chi connectivity index (χ3v) is 11.1. The standard InChI is InChI=1S/C44H22Br4O2/c45-28-11-15-32-33-16-12-29(46)22-37(33)38(36(32)21-28)25-41(43(50)27-9-5-2-6-10-27)44(20-19-42(49)26-7-3-1-4-8-26)39-23-30(47)13-17-34(39)35-18-14-31(48)24-40(35)44/h1-18,21-24H. The predicted octanol–water partition coefficient (Wildman–Crippen LogP) is 12.4. The zero-order valence-corrected chi connectivity index (χ0v) is 32.4. The first-order valence-electron chi connectivity index (χ1n) is 15.7. The highest BCUT2D eigenvalue weighted by atomic mass is 79.9. The summed E-state index contributed by atoms with van der Waals surface area (Å²) in [6.45, 7) is 0. The van der Waals surface area contributed by atoms with Crippen LogP contribution in [0.1, 0.15) is 43.0 Å². The molecule has 0 radical (unpaired) electrons. The number of carbonyl (C=O) groups excluding carboxylic acids is 2. The van der Waals surface area contributed by atoms with Crippen LogP contribution in [-0.2, 0) is 5.41 Å². The molecule has 6 aromatic rings. The minimum atomic E-state index is -1.39. The SMILES string of the molecule is O=C(C#CC1(C(=C=C2c3cc(Br)ccc3-c3ccc(Br)cc32)C(=O)c2ccccc2)c2cc(Br)ccc2-c2ccc(Br)cc21)c1ccccc1. The molecule has 0 spiro atoms. The van der Waals surface area contributed by atoms with Gasteiger partial charge in [0.05, 0.1) is 5.57 Å². The Morgan fingerprint density at radius 1 is 0.480 bits per heavy atom. The molecular weight excluding hydrogens is 880 g/mol. The van der Waals surface area contributed by atoms with Gasteiger partial charge in [-0.2, -0.15) is 0 Å². The summed E-state index contributed by atoms with van der Waals surface area (Å²) in [4.78, 5) is 29.1. The zero-order chi connectivity index (χ0) is 34.6. The number of hydrogen-bond donors (Lipinski definition) is 0. The summed E-state index contributed by atoms with van der Waals surface area (Å²) >= 11 is 14.8. The number of allylic oxidation sites excluding steroid dienone is 1. The van der Waals surface area contributed by atoms with Gasteiger partial charge < -0.3 is 0 Å². The average molecular weight is 902 g/mol. The lowest BCUT2D eigenvalue weighted by Crippen LogP contribution is -2.31. The van der Waals surface area contributed by atoms with E-state index in [0.29, 0.717) is 16.7 Å². The topological polar surface area (TPSA) is 34.1 Å². The Labute approximate surface area is 323 Å². The molecule has 2 aliphatic rings. The van der Waals surface area contributed by atoms with E-state index in [1.165, 1.54) is 0 Å². The average Bonchev–Trinajstić information content (AvgIpc) is 3.57. The van der Waals surface area contributed by atoms with E-state index < -0.39 is 5.41 Å². The Bertz CT molecular complexity index is 2450. The molecule has 0 N–H and O–H groups in total. The molecule has 0 heterocycles. The third kappa shape index (κ3) is 5.55. The van der Waals surface area contributed by atoms with Gasteiger partial charge in [-0.3, -0.25) is 9.59 Å². The first-order chi connectivity index (χ1) is 24.2. The number of ketones is 2. The Kier molecular flexibility index (Phi) is 8.59. The molecule has 2 aliphatic carbocycles. The predicted molar refractivity (Wildman–Crippen MR) is 214 cm³/mol. The van der Waals surface area contributed by atoms with Gasteiger partial charge in [0.2, 0.25) is 5.78 Å². The number of halogens is 4. The molecule has 0 atom stereocenters. The number of rotatable bonds is 4. The fourth-order valence-electron chi connectivity index (χ4n) is 6.92. The summed E-state index contributed by atoms with van der Waals surface area (Å²) in [7, 11) is 0. The summed E-state index contributed by atoms with van der Waals surface area (Å²) in [5.41, 5.74) is 11.8. The van der Waals surface area contributed by atoms with Gasteiger partial charge in [0, 0.05) is 34.6 Å². The molecule has 6 aromatic carbocycles. The second-order valence-corrected chi connectivity index (χ2v) is 15.7. The first-order valence-corrected chi connectivity index (χ1v) is 18.9. The number of hydrogen-bond acceptors (Lipinski definition) is 2. The van der Waals surface area contributed by atoms with Crippen molar-refractivity contribution in [3.05, 3.63) is 196 Å². The van der Waals surface area contributed by atoms with Gasteiger partial charge in [0.25, 0.3) is 0 Å². The molecule has 238 valence electrons. The largest absolute Gasteiger partial charge is 0.288 e. The molecular formula is C44H22Br4O2. The first kappa shape index (κ1) is 32.8. The van der Waals surface area contributed by atoms with Crippen molar-refractivity contribution in [3.63, 3.8) is 0 Å². The highest BCUT2D eigenvalue weighted by molar-refractivity contribution is 9.11. The zero-order valence-electron chi connectivity index (χ0n) is 26.0. The van der Waals surface area contributed by atoms with Gasteiger partial charge in [-0.1, -0.05) is 155 Å². The van der Waals surface area contributed by atoms with E-state index in [1.807, 2.05) is 97.1 Å². The fourth-order valence-corrected chi connectivity index (χ4v) is 8.37. The van der Waals surface area contributed by atoms with Crippen molar-refractivity contribution in [3.8, 4) is 34.1 Å². The number of fused-ring (bicyclic) bond motifs is 6. The lowest BCUT2D eigenvalue weighted by atomic mass is 9.70. The van der Waals surface area contributed by atoms with E-state index in [4.69, 9.17) is 0 Å². The monoisotopic (exact) mass is 898 g/mol. The molecule has 2 nitrogen and oxygen atoms in total. The quantitative estimate of drug-likeness (QED) is 0.0580. The molecule has 0 amide bonds. The van der Waals surface area contributed by atoms with Gasteiger partial charge in [-0.25, -0.2) is 0 Å². The van der Waals surface area contributed by atoms with Crippen LogP contribution in [0, 0.1) is 11.8 Å². The summed E-state index contributed by atoms with van der Waals surface area (Å²) in [5, 5.41) is 0. The van der Waals surface area contributed by atoms with Crippen molar-refractivity contribution in [2.24, 2.45) is 0 Å². The normalized spacial score (nSPS) is 12.8. The molecule has 0 aliphatic heterocycles. The fraction of sp³-hybridized carbons (Fsp3) is 0.0227. The number of carbonyl (C=O) groups is 2. The molecule has 50 heavy (non-hydrogen) atoms. The molecule has 0 saturated heterocycles. The third-order valence-electron chi connectivity index (χ3n) is 9.14. The van der Waals surface area contributed by atoms with Crippen LogP contribution in [0.25, 0.3) is 27.8 Å². The maximum atomic E-state index is 15.3. The smallest absolute Gasteiger partial charge is 0.235 e. The van der Waals surface area contributed by atoms with Crippen molar-refractivity contribution >= 4 is 80.9 Å². The summed E-state index contributed by atoms with van der Waals surface area (Å²) in [6.07, 6.45) is 0. The molecule has 0 fully saturated rings. The van der Waals surface area contributed by atoms with Gasteiger partial charge in [-0.05, 0) is 99.0 Å². The van der Waals surface area contributed by atoms with E-state index in [1.54, 1.807) is 12.1 Å². The molecule has 0 aromatic heterocycles. The molecule has 0 unspecified atom stereocenters. The second kappa shape index (κ2) is 13.1. The van der Waals surface area contributed by atoms with Crippen molar-refractivity contribution in [2.45, 2.75) is 5.41 Å². The Morgan fingerprint density at radius 2 is 0.920 bits per heavy atom.